The molecule has 0 aliphatic heterocycles. The van der Waals surface area contributed by atoms with Crippen molar-refractivity contribution in [3.8, 4) is 5.69 Å². The summed E-state index contributed by atoms with van der Waals surface area (Å²) in [6.45, 7) is 4.20. The molecule has 2 aromatic heterocycles. The topological polar surface area (TPSA) is 71.4 Å². The molecular formula is C15H18N6. The van der Waals surface area contributed by atoms with Crippen LogP contribution in [-0.2, 0) is 0 Å². The SMILES string of the molecule is CC(NC(C)c1ncn[nH]1)c1ccc(-n2ccnc2)cc1. The van der Waals surface area contributed by atoms with Crippen LogP contribution in [0.1, 0.15) is 37.3 Å². The summed E-state index contributed by atoms with van der Waals surface area (Å²) in [5.74, 6) is 0.844. The van der Waals surface area contributed by atoms with Crippen LogP contribution >= 0.6 is 0 Å². The maximum absolute atomic E-state index is 4.17. The molecule has 6 nitrogen and oxygen atoms in total. The van der Waals surface area contributed by atoms with Crippen molar-refractivity contribution >= 4 is 0 Å². The van der Waals surface area contributed by atoms with Crippen molar-refractivity contribution in [1.82, 2.24) is 30.0 Å². The quantitative estimate of drug-likeness (QED) is 0.754. The van der Waals surface area contributed by atoms with Crippen molar-refractivity contribution in [2.75, 3.05) is 0 Å². The first-order valence-corrected chi connectivity index (χ1v) is 6.93. The minimum Gasteiger partial charge on any atom is -0.306 e. The molecule has 2 atom stereocenters. The Balaban J connectivity index is 1.69. The molecular weight excluding hydrogens is 264 g/mol. The number of imidazole rings is 1. The molecule has 0 saturated carbocycles. The van der Waals surface area contributed by atoms with E-state index in [9.17, 15) is 0 Å². The van der Waals surface area contributed by atoms with Crippen LogP contribution in [0, 0.1) is 0 Å². The van der Waals surface area contributed by atoms with Gasteiger partial charge in [0.1, 0.15) is 12.2 Å². The van der Waals surface area contributed by atoms with Gasteiger partial charge in [0.25, 0.3) is 0 Å². The van der Waals surface area contributed by atoms with Crippen molar-refractivity contribution < 1.29 is 0 Å². The molecule has 0 saturated heterocycles. The second-order valence-electron chi connectivity index (χ2n) is 5.04. The van der Waals surface area contributed by atoms with Crippen LogP contribution in [0.4, 0.5) is 0 Å². The molecule has 3 rings (SSSR count). The van der Waals surface area contributed by atoms with Gasteiger partial charge in [-0.1, -0.05) is 12.1 Å². The average molecular weight is 282 g/mol. The highest BCUT2D eigenvalue weighted by atomic mass is 15.2. The molecule has 1 aromatic carbocycles. The Morgan fingerprint density at radius 1 is 1.14 bits per heavy atom. The zero-order chi connectivity index (χ0) is 14.7. The fraction of sp³-hybridized carbons (Fsp3) is 0.267. The van der Waals surface area contributed by atoms with Crippen LogP contribution in [0.25, 0.3) is 5.69 Å². The number of aromatic amines is 1. The summed E-state index contributed by atoms with van der Waals surface area (Å²) in [6, 6.07) is 8.78. The number of H-pyrrole nitrogens is 1. The lowest BCUT2D eigenvalue weighted by molar-refractivity contribution is 0.477. The van der Waals surface area contributed by atoms with E-state index in [0.717, 1.165) is 11.5 Å². The maximum Gasteiger partial charge on any atom is 0.141 e. The molecule has 0 bridgehead atoms. The van der Waals surface area contributed by atoms with Crippen LogP contribution in [0.15, 0.2) is 49.3 Å². The average Bonchev–Trinajstić information content (AvgIpc) is 3.20. The molecule has 0 radical (unpaired) electrons. The van der Waals surface area contributed by atoms with Gasteiger partial charge in [0.15, 0.2) is 0 Å². The summed E-state index contributed by atoms with van der Waals surface area (Å²) in [5, 5.41) is 10.3. The lowest BCUT2D eigenvalue weighted by Crippen LogP contribution is -2.23. The largest absolute Gasteiger partial charge is 0.306 e. The van der Waals surface area contributed by atoms with Crippen LogP contribution in [-0.4, -0.2) is 24.7 Å². The van der Waals surface area contributed by atoms with Gasteiger partial charge < -0.3 is 9.88 Å². The van der Waals surface area contributed by atoms with Gasteiger partial charge in [-0.3, -0.25) is 5.10 Å². The summed E-state index contributed by atoms with van der Waals surface area (Å²) >= 11 is 0. The highest BCUT2D eigenvalue weighted by Gasteiger charge is 2.13. The molecule has 0 aliphatic rings. The molecule has 0 aliphatic carbocycles. The Morgan fingerprint density at radius 3 is 2.57 bits per heavy atom. The Bertz CT molecular complexity index is 657. The first kappa shape index (κ1) is 13.5. The maximum atomic E-state index is 4.17. The molecule has 2 N–H and O–H groups in total. The normalized spacial score (nSPS) is 14.0. The molecule has 108 valence electrons. The van der Waals surface area contributed by atoms with E-state index in [4.69, 9.17) is 0 Å². The predicted molar refractivity (Wildman–Crippen MR) is 79.9 cm³/mol. The molecule has 2 unspecified atom stereocenters. The molecule has 0 spiro atoms. The molecule has 21 heavy (non-hydrogen) atoms. The van der Waals surface area contributed by atoms with Crippen molar-refractivity contribution in [3.05, 3.63) is 60.7 Å². The van der Waals surface area contributed by atoms with E-state index < -0.39 is 0 Å². The number of hydrogen-bond donors (Lipinski definition) is 2. The summed E-state index contributed by atoms with van der Waals surface area (Å²) in [6.07, 6.45) is 7.03. The summed E-state index contributed by atoms with van der Waals surface area (Å²) in [4.78, 5) is 8.23. The van der Waals surface area contributed by atoms with E-state index in [1.54, 1.807) is 12.5 Å². The van der Waals surface area contributed by atoms with E-state index in [1.807, 2.05) is 10.8 Å². The second kappa shape index (κ2) is 5.88. The van der Waals surface area contributed by atoms with Crippen molar-refractivity contribution in [2.24, 2.45) is 0 Å². The van der Waals surface area contributed by atoms with Crippen LogP contribution in [0.3, 0.4) is 0 Å². The number of rotatable bonds is 5. The lowest BCUT2D eigenvalue weighted by atomic mass is 10.1. The van der Waals surface area contributed by atoms with Crippen LogP contribution in [0.5, 0.6) is 0 Å². The van der Waals surface area contributed by atoms with Gasteiger partial charge >= 0.3 is 0 Å². The van der Waals surface area contributed by atoms with E-state index in [-0.39, 0.29) is 12.1 Å². The van der Waals surface area contributed by atoms with Gasteiger partial charge in [-0.15, -0.1) is 0 Å². The molecule has 0 amide bonds. The van der Waals surface area contributed by atoms with Gasteiger partial charge in [0, 0.05) is 24.1 Å². The highest BCUT2D eigenvalue weighted by Crippen LogP contribution is 2.18. The lowest BCUT2D eigenvalue weighted by Gasteiger charge is -2.19. The Hall–Kier alpha value is -2.47. The van der Waals surface area contributed by atoms with Gasteiger partial charge in [0.2, 0.25) is 0 Å². The number of nitrogens with zero attached hydrogens (tertiary/aromatic N) is 4. The minimum absolute atomic E-state index is 0.121. The molecule has 6 heteroatoms. The first-order valence-electron chi connectivity index (χ1n) is 6.93. The Kier molecular flexibility index (Phi) is 3.79. The second-order valence-corrected chi connectivity index (χ2v) is 5.04. The van der Waals surface area contributed by atoms with E-state index in [1.165, 1.54) is 11.9 Å². The fourth-order valence-corrected chi connectivity index (χ4v) is 2.32. The van der Waals surface area contributed by atoms with Crippen LogP contribution in [0.2, 0.25) is 0 Å². The van der Waals surface area contributed by atoms with E-state index in [2.05, 4.69) is 63.6 Å². The molecule has 3 aromatic rings. The number of nitrogens with one attached hydrogen (secondary N) is 2. The Labute approximate surface area is 123 Å². The standard InChI is InChI=1S/C15H18N6/c1-11(19-12(2)15-17-9-18-20-15)13-3-5-14(6-4-13)21-8-7-16-10-21/h3-12,19H,1-2H3,(H,17,18,20). The van der Waals surface area contributed by atoms with E-state index >= 15 is 0 Å². The van der Waals surface area contributed by atoms with Gasteiger partial charge in [-0.25, -0.2) is 9.97 Å². The van der Waals surface area contributed by atoms with Crippen LogP contribution < -0.4 is 5.32 Å². The predicted octanol–water partition coefficient (Wildman–Crippen LogP) is 2.40. The monoisotopic (exact) mass is 282 g/mol. The van der Waals surface area contributed by atoms with Crippen molar-refractivity contribution in [1.29, 1.82) is 0 Å². The van der Waals surface area contributed by atoms with Crippen molar-refractivity contribution in [3.63, 3.8) is 0 Å². The zero-order valence-electron chi connectivity index (χ0n) is 12.1. The number of benzene rings is 1. The van der Waals surface area contributed by atoms with Gasteiger partial charge in [0.05, 0.1) is 12.4 Å². The van der Waals surface area contributed by atoms with Gasteiger partial charge in [-0.05, 0) is 31.5 Å². The molecule has 0 fully saturated rings. The highest BCUT2D eigenvalue weighted by molar-refractivity contribution is 5.35. The smallest absolute Gasteiger partial charge is 0.141 e. The molecule has 2 heterocycles. The van der Waals surface area contributed by atoms with Gasteiger partial charge in [-0.2, -0.15) is 5.10 Å². The van der Waals surface area contributed by atoms with Crippen molar-refractivity contribution in [2.45, 2.75) is 25.9 Å². The summed E-state index contributed by atoms with van der Waals surface area (Å²) < 4.78 is 1.99. The first-order chi connectivity index (χ1) is 10.2. The zero-order valence-corrected chi connectivity index (χ0v) is 12.1. The third kappa shape index (κ3) is 3.00. The van der Waals surface area contributed by atoms with E-state index in [0.29, 0.717) is 0 Å². The number of aromatic nitrogens is 5. The summed E-state index contributed by atoms with van der Waals surface area (Å²) in [7, 11) is 0. The fourth-order valence-electron chi connectivity index (χ4n) is 2.32. The minimum atomic E-state index is 0.121. The third-order valence-corrected chi connectivity index (χ3v) is 3.54. The summed E-state index contributed by atoms with van der Waals surface area (Å²) in [5.41, 5.74) is 2.33. The number of hydrogen-bond acceptors (Lipinski definition) is 4. The third-order valence-electron chi connectivity index (χ3n) is 3.54. The Morgan fingerprint density at radius 2 is 1.95 bits per heavy atom.